The van der Waals surface area contributed by atoms with Crippen LogP contribution in [0.15, 0.2) is 28.7 Å². The van der Waals surface area contributed by atoms with E-state index >= 15 is 4.39 Å². The second-order valence-electron chi connectivity index (χ2n) is 12.8. The molecule has 11 heteroatoms. The first kappa shape index (κ1) is 26.6. The zero-order chi connectivity index (χ0) is 27.5. The highest BCUT2D eigenvalue weighted by atomic mass is 19.1. The van der Waals surface area contributed by atoms with Crippen LogP contribution in [0.3, 0.4) is 0 Å². The zero-order valence-corrected chi connectivity index (χ0v) is 23.2. The molecule has 4 aliphatic rings. The highest BCUT2D eigenvalue weighted by molar-refractivity contribution is 5.66. The Hall–Kier alpha value is -2.60. The first-order valence-corrected chi connectivity index (χ1v) is 14.3. The first-order valence-electron chi connectivity index (χ1n) is 14.3. The van der Waals surface area contributed by atoms with Gasteiger partial charge in [-0.25, -0.2) is 9.37 Å². The molecule has 1 aromatic heterocycles. The van der Waals surface area contributed by atoms with E-state index in [4.69, 9.17) is 0 Å². The Balaban J connectivity index is 1.25. The molecule has 3 N–H and O–H groups in total. The van der Waals surface area contributed by atoms with Gasteiger partial charge in [0.1, 0.15) is 18.4 Å². The number of nitrogens with two attached hydrogens (primary N) is 1. The maximum Gasteiger partial charge on any atom is 0.265 e. The molecule has 4 unspecified atom stereocenters. The van der Waals surface area contributed by atoms with Crippen LogP contribution in [-0.4, -0.2) is 51.6 Å². The van der Waals surface area contributed by atoms with Crippen molar-refractivity contribution in [1.82, 2.24) is 19.6 Å². The van der Waals surface area contributed by atoms with Crippen LogP contribution in [0.5, 0.6) is 0 Å². The van der Waals surface area contributed by atoms with Crippen molar-refractivity contribution in [2.24, 2.45) is 16.3 Å². The number of rotatable bonds is 7. The second-order valence-corrected chi connectivity index (χ2v) is 12.8. The molecule has 2 saturated heterocycles. The van der Waals surface area contributed by atoms with E-state index < -0.39 is 16.4 Å². The van der Waals surface area contributed by atoms with Gasteiger partial charge in [-0.1, -0.05) is 13.8 Å². The lowest BCUT2D eigenvalue weighted by atomic mass is 9.84. The third kappa shape index (κ3) is 5.17. The average Bonchev–Trinajstić information content (AvgIpc) is 3.46. The molecule has 9 nitrogen and oxygen atoms in total. The van der Waals surface area contributed by atoms with Crippen LogP contribution in [-0.2, 0) is 0 Å². The number of quaternary nitrogens is 2. The number of fused-ring (bicyclic) bond motifs is 1. The van der Waals surface area contributed by atoms with Crippen molar-refractivity contribution in [3.8, 4) is 0 Å². The number of benzene rings is 1. The van der Waals surface area contributed by atoms with E-state index in [1.165, 1.54) is 25.0 Å². The van der Waals surface area contributed by atoms with Crippen molar-refractivity contribution < 1.29 is 14.1 Å². The van der Waals surface area contributed by atoms with E-state index in [1.54, 1.807) is 0 Å². The van der Waals surface area contributed by atoms with E-state index in [2.05, 4.69) is 44.4 Å². The minimum absolute atomic E-state index is 0.0483. The molecule has 4 heterocycles. The molecule has 210 valence electrons. The maximum atomic E-state index is 15.3. The van der Waals surface area contributed by atoms with Crippen molar-refractivity contribution in [3.05, 3.63) is 40.7 Å². The monoisotopic (exact) mass is 541 g/mol. The van der Waals surface area contributed by atoms with Crippen LogP contribution in [0.1, 0.15) is 77.7 Å². The number of hydrogen-bond donors (Lipinski definition) is 2. The molecule has 1 saturated carbocycles. The number of hydroxylamine groups is 1. The number of piperidine rings is 1. The highest BCUT2D eigenvalue weighted by Crippen LogP contribution is 2.48. The van der Waals surface area contributed by atoms with Gasteiger partial charge < -0.3 is 10.5 Å². The Morgan fingerprint density at radius 2 is 1.97 bits per heavy atom. The summed E-state index contributed by atoms with van der Waals surface area (Å²) < 4.78 is 29.2. The Morgan fingerprint density at radius 3 is 2.69 bits per heavy atom. The minimum Gasteiger partial charge on any atom is -0.598 e. The minimum atomic E-state index is -0.956. The highest BCUT2D eigenvalue weighted by Gasteiger charge is 2.45. The number of anilines is 2. The van der Waals surface area contributed by atoms with E-state index in [0.29, 0.717) is 17.3 Å². The molecule has 3 aliphatic heterocycles. The number of halogens is 2. The van der Waals surface area contributed by atoms with Crippen molar-refractivity contribution in [2.45, 2.75) is 95.8 Å². The van der Waals surface area contributed by atoms with Crippen LogP contribution in [0.2, 0.25) is 0 Å². The van der Waals surface area contributed by atoms with Crippen LogP contribution < -0.4 is 15.4 Å². The van der Waals surface area contributed by atoms with Gasteiger partial charge in [0.05, 0.1) is 17.9 Å². The lowest BCUT2D eigenvalue weighted by Crippen LogP contribution is -2.88. The van der Waals surface area contributed by atoms with Crippen LogP contribution in [0, 0.1) is 22.8 Å². The zero-order valence-electron chi connectivity index (χ0n) is 23.2. The Kier molecular flexibility index (Phi) is 6.68. The standard InChI is InChI=1S/C28H38F2N8O/c1-16(2)24-15-38(39,36-35-24)25-12-23(21(29)11-20(25)17-7-8-17)33-27-31-14-22(30)26(34-27)32-18-10-19-6-5-9-37(19)28(3,4)13-18/h11-12,14,16-19,24H,5-10,13,15H2,1-4H3,(H2,31,32,33,34)/p+1. The van der Waals surface area contributed by atoms with Gasteiger partial charge in [0.25, 0.3) is 5.82 Å². The van der Waals surface area contributed by atoms with Crippen molar-refractivity contribution in [1.29, 1.82) is 0 Å². The molecule has 1 aliphatic carbocycles. The molecule has 4 atom stereocenters. The van der Waals surface area contributed by atoms with E-state index in [1.807, 2.05) is 19.2 Å². The predicted octanol–water partition coefficient (Wildman–Crippen LogP) is 5.19. The van der Waals surface area contributed by atoms with Gasteiger partial charge in [-0.05, 0) is 64.0 Å². The summed E-state index contributed by atoms with van der Waals surface area (Å²) in [5.74, 6) is -0.366. The second kappa shape index (κ2) is 9.79. The van der Waals surface area contributed by atoms with Crippen LogP contribution >= 0.6 is 0 Å². The normalized spacial score (nSPS) is 30.2. The van der Waals surface area contributed by atoms with Gasteiger partial charge >= 0.3 is 0 Å². The molecule has 3 fully saturated rings. The van der Waals surface area contributed by atoms with Crippen molar-refractivity contribution in [3.63, 3.8) is 0 Å². The molecule has 0 spiro atoms. The topological polar surface area (TPSA) is 105 Å². The molecular weight excluding hydrogens is 502 g/mol. The van der Waals surface area contributed by atoms with Gasteiger partial charge in [0, 0.05) is 41.3 Å². The summed E-state index contributed by atoms with van der Waals surface area (Å²) in [4.78, 5) is 11.1. The van der Waals surface area contributed by atoms with Gasteiger partial charge in [-0.2, -0.15) is 14.1 Å². The van der Waals surface area contributed by atoms with Gasteiger partial charge in [0.15, 0.2) is 5.69 Å². The Morgan fingerprint density at radius 1 is 1.18 bits per heavy atom. The molecule has 2 aromatic rings. The summed E-state index contributed by atoms with van der Waals surface area (Å²) in [5.41, 5.74) is 1.20. The molecule has 39 heavy (non-hydrogen) atoms. The van der Waals surface area contributed by atoms with E-state index in [0.717, 1.165) is 38.4 Å². The summed E-state index contributed by atoms with van der Waals surface area (Å²) in [6, 6.07) is 3.47. The lowest BCUT2D eigenvalue weighted by Gasteiger charge is -2.46. The summed E-state index contributed by atoms with van der Waals surface area (Å²) in [6.45, 7) is 9.85. The average molecular weight is 542 g/mol. The summed E-state index contributed by atoms with van der Waals surface area (Å²) >= 11 is 0. The summed E-state index contributed by atoms with van der Waals surface area (Å²) in [6.07, 6.45) is 7.23. The van der Waals surface area contributed by atoms with Crippen molar-refractivity contribution >= 4 is 23.1 Å². The molecule has 0 bridgehead atoms. The molecule has 0 radical (unpaired) electrons. The Bertz CT molecular complexity index is 1280. The smallest absolute Gasteiger partial charge is 0.265 e. The van der Waals surface area contributed by atoms with Gasteiger partial charge in [-0.3, -0.25) is 10.2 Å². The maximum absolute atomic E-state index is 15.3. The summed E-state index contributed by atoms with van der Waals surface area (Å²) in [7, 11) is 0. The largest absolute Gasteiger partial charge is 0.598 e. The molecule has 0 amide bonds. The molecule has 6 rings (SSSR count). The molecule has 1 aromatic carbocycles. The van der Waals surface area contributed by atoms with Crippen molar-refractivity contribution in [2.75, 3.05) is 18.4 Å². The number of hydrogen-bond acceptors (Lipinski definition) is 7. The fourth-order valence-corrected chi connectivity index (χ4v) is 6.76. The summed E-state index contributed by atoms with van der Waals surface area (Å²) in [5, 5.41) is 26.9. The van der Waals surface area contributed by atoms with Gasteiger partial charge in [0.2, 0.25) is 11.8 Å². The van der Waals surface area contributed by atoms with E-state index in [-0.39, 0.29) is 53.5 Å². The third-order valence-electron chi connectivity index (χ3n) is 8.96. The number of nitrogens with one attached hydrogen (secondary N) is 1. The quantitative estimate of drug-likeness (QED) is 0.371. The molecular formula is C28H39F2N8O+. The van der Waals surface area contributed by atoms with Crippen LogP contribution in [0.25, 0.3) is 0 Å². The fourth-order valence-electron chi connectivity index (χ4n) is 6.76. The predicted molar refractivity (Wildman–Crippen MR) is 146 cm³/mol. The fraction of sp³-hybridized carbons (Fsp3) is 0.643. The Labute approximate surface area is 228 Å². The van der Waals surface area contributed by atoms with Gasteiger partial charge in [-0.15, -0.1) is 5.11 Å². The lowest BCUT2D eigenvalue weighted by molar-refractivity contribution is -0.622. The number of aromatic nitrogens is 2. The number of nitrogens with zero attached hydrogens (tertiary/aromatic N) is 6. The third-order valence-corrected chi connectivity index (χ3v) is 8.96. The SMILES string of the molecule is CC(C)C1C[N+]([O-])(c2cc(Nc3ncc(F)c([NH2+]C4CC5CCCN5C(C)(C)C4)n3)c(F)cc2C2CC2)N=N1. The first-order chi connectivity index (χ1) is 18.5. The van der Waals surface area contributed by atoms with Crippen LogP contribution in [0.4, 0.5) is 31.9 Å². The van der Waals surface area contributed by atoms with E-state index in [9.17, 15) is 9.60 Å².